The lowest BCUT2D eigenvalue weighted by Crippen LogP contribution is -2.34. The Kier molecular flexibility index (Phi) is 13.2. The third-order valence-electron chi connectivity index (χ3n) is 3.56. The van der Waals surface area contributed by atoms with E-state index in [1.54, 1.807) is 0 Å². The largest absolute Gasteiger partial charge is 0.330 e. The predicted octanol–water partition coefficient (Wildman–Crippen LogP) is 2.64. The van der Waals surface area contributed by atoms with Crippen LogP contribution in [0.2, 0.25) is 0 Å². The molecule has 0 rings (SSSR count). The Hall–Kier alpha value is -0.120. The van der Waals surface area contributed by atoms with Gasteiger partial charge in [-0.3, -0.25) is 0 Å². The molecule has 110 valence electrons. The highest BCUT2D eigenvalue weighted by atomic mass is 14.9. The fraction of sp³-hybridized carbons (Fsp3) is 1.00. The van der Waals surface area contributed by atoms with Crippen molar-refractivity contribution >= 4 is 0 Å². The highest BCUT2D eigenvalue weighted by Crippen LogP contribution is 2.11. The topological polar surface area (TPSA) is 64.1 Å². The fourth-order valence-electron chi connectivity index (χ4n) is 2.27. The van der Waals surface area contributed by atoms with E-state index in [0.717, 1.165) is 25.6 Å². The van der Waals surface area contributed by atoms with Gasteiger partial charge in [-0.15, -0.1) is 0 Å². The molecule has 0 aliphatic carbocycles. The van der Waals surface area contributed by atoms with Crippen LogP contribution in [0.25, 0.3) is 0 Å². The molecular weight excluding hydrogens is 222 g/mol. The molecule has 0 fully saturated rings. The summed E-state index contributed by atoms with van der Waals surface area (Å²) >= 11 is 0. The van der Waals surface area contributed by atoms with Crippen LogP contribution in [0.3, 0.4) is 0 Å². The molecule has 0 aliphatic heterocycles. The Morgan fingerprint density at radius 1 is 0.778 bits per heavy atom. The summed E-state index contributed by atoms with van der Waals surface area (Å²) in [4.78, 5) is 0. The molecule has 18 heavy (non-hydrogen) atoms. The normalized spacial score (nSPS) is 13.2. The van der Waals surface area contributed by atoms with Gasteiger partial charge in [-0.25, -0.2) is 0 Å². The maximum Gasteiger partial charge on any atom is 0.00900 e. The summed E-state index contributed by atoms with van der Waals surface area (Å²) < 4.78 is 0. The van der Waals surface area contributed by atoms with Gasteiger partial charge in [0.15, 0.2) is 0 Å². The van der Waals surface area contributed by atoms with Crippen molar-refractivity contribution in [2.75, 3.05) is 19.6 Å². The second-order valence-corrected chi connectivity index (χ2v) is 5.65. The second-order valence-electron chi connectivity index (χ2n) is 5.65. The maximum absolute atomic E-state index is 5.52. The summed E-state index contributed by atoms with van der Waals surface area (Å²) in [5.74, 6) is 0.729. The number of hydrogen-bond acceptors (Lipinski definition) is 3. The molecule has 0 heterocycles. The third-order valence-corrected chi connectivity index (χ3v) is 3.56. The van der Waals surface area contributed by atoms with Crippen LogP contribution < -0.4 is 16.8 Å². The highest BCUT2D eigenvalue weighted by molar-refractivity contribution is 4.70. The zero-order valence-electron chi connectivity index (χ0n) is 12.6. The van der Waals surface area contributed by atoms with E-state index in [1.807, 2.05) is 0 Å². The van der Waals surface area contributed by atoms with Crippen molar-refractivity contribution in [1.29, 1.82) is 0 Å². The van der Waals surface area contributed by atoms with E-state index in [0.29, 0.717) is 6.04 Å². The van der Waals surface area contributed by atoms with Gasteiger partial charge in [-0.2, -0.15) is 0 Å². The van der Waals surface area contributed by atoms with Crippen LogP contribution in [-0.2, 0) is 0 Å². The zero-order chi connectivity index (χ0) is 13.6. The molecule has 3 nitrogen and oxygen atoms in total. The van der Waals surface area contributed by atoms with Crippen molar-refractivity contribution in [3.63, 3.8) is 0 Å². The van der Waals surface area contributed by atoms with E-state index in [9.17, 15) is 0 Å². The van der Waals surface area contributed by atoms with Crippen LogP contribution in [-0.4, -0.2) is 25.7 Å². The van der Waals surface area contributed by atoms with E-state index in [1.165, 1.54) is 51.4 Å². The SMILES string of the molecule is CC(C)C(CCCCCN)NCCCCCCN. The Balaban J connectivity index is 3.51. The molecule has 3 heteroatoms. The minimum Gasteiger partial charge on any atom is -0.330 e. The lowest BCUT2D eigenvalue weighted by Gasteiger charge is -2.22. The summed E-state index contributed by atoms with van der Waals surface area (Å²) in [5, 5.41) is 3.71. The number of rotatable bonds is 13. The summed E-state index contributed by atoms with van der Waals surface area (Å²) in [6, 6.07) is 0.678. The molecular formula is C15H35N3. The average Bonchev–Trinajstić information content (AvgIpc) is 2.35. The Bertz CT molecular complexity index is 160. The first-order valence-electron chi connectivity index (χ1n) is 7.86. The van der Waals surface area contributed by atoms with E-state index < -0.39 is 0 Å². The molecule has 0 saturated heterocycles. The van der Waals surface area contributed by atoms with E-state index in [-0.39, 0.29) is 0 Å². The number of nitrogens with one attached hydrogen (secondary N) is 1. The molecule has 1 unspecified atom stereocenters. The smallest absolute Gasteiger partial charge is 0.00900 e. The van der Waals surface area contributed by atoms with E-state index in [4.69, 9.17) is 11.5 Å². The van der Waals surface area contributed by atoms with Crippen molar-refractivity contribution in [3.8, 4) is 0 Å². The van der Waals surface area contributed by atoms with Gasteiger partial charge in [0.05, 0.1) is 0 Å². The summed E-state index contributed by atoms with van der Waals surface area (Å²) in [6.45, 7) is 7.46. The molecule has 0 aromatic rings. The number of hydrogen-bond donors (Lipinski definition) is 3. The van der Waals surface area contributed by atoms with E-state index >= 15 is 0 Å². The van der Waals surface area contributed by atoms with Crippen LogP contribution in [0, 0.1) is 5.92 Å². The van der Waals surface area contributed by atoms with Crippen molar-refractivity contribution in [2.24, 2.45) is 17.4 Å². The Morgan fingerprint density at radius 2 is 1.33 bits per heavy atom. The molecule has 0 spiro atoms. The lowest BCUT2D eigenvalue weighted by molar-refractivity contribution is 0.361. The molecule has 0 saturated carbocycles. The predicted molar refractivity (Wildman–Crippen MR) is 81.7 cm³/mol. The third kappa shape index (κ3) is 11.0. The van der Waals surface area contributed by atoms with Crippen LogP contribution in [0.15, 0.2) is 0 Å². The molecule has 0 bridgehead atoms. The minimum atomic E-state index is 0.678. The minimum absolute atomic E-state index is 0.678. The van der Waals surface area contributed by atoms with Gasteiger partial charge in [0.25, 0.3) is 0 Å². The summed E-state index contributed by atoms with van der Waals surface area (Å²) in [6.07, 6.45) is 10.1. The molecule has 1 atom stereocenters. The Labute approximate surface area is 114 Å². The van der Waals surface area contributed by atoms with Crippen molar-refractivity contribution in [1.82, 2.24) is 5.32 Å². The zero-order valence-corrected chi connectivity index (χ0v) is 12.6. The van der Waals surface area contributed by atoms with E-state index in [2.05, 4.69) is 19.2 Å². The first-order chi connectivity index (χ1) is 8.72. The van der Waals surface area contributed by atoms with Gasteiger partial charge in [-0.05, 0) is 51.2 Å². The molecule has 0 aliphatic rings. The molecule has 0 aromatic heterocycles. The number of nitrogens with two attached hydrogens (primary N) is 2. The Morgan fingerprint density at radius 3 is 1.89 bits per heavy atom. The first-order valence-corrected chi connectivity index (χ1v) is 7.86. The summed E-state index contributed by atoms with van der Waals surface area (Å²) in [7, 11) is 0. The maximum atomic E-state index is 5.52. The van der Waals surface area contributed by atoms with Crippen LogP contribution >= 0.6 is 0 Å². The number of unbranched alkanes of at least 4 members (excludes halogenated alkanes) is 5. The molecule has 5 N–H and O–H groups in total. The van der Waals surface area contributed by atoms with Crippen molar-refractivity contribution in [3.05, 3.63) is 0 Å². The second kappa shape index (κ2) is 13.3. The van der Waals surface area contributed by atoms with Gasteiger partial charge < -0.3 is 16.8 Å². The molecule has 0 radical (unpaired) electrons. The first kappa shape index (κ1) is 17.9. The van der Waals surface area contributed by atoms with Gasteiger partial charge in [-0.1, -0.05) is 39.5 Å². The summed E-state index contributed by atoms with van der Waals surface area (Å²) in [5.41, 5.74) is 11.0. The average molecular weight is 257 g/mol. The van der Waals surface area contributed by atoms with Crippen molar-refractivity contribution in [2.45, 2.75) is 71.3 Å². The quantitative estimate of drug-likeness (QED) is 0.444. The fourth-order valence-corrected chi connectivity index (χ4v) is 2.27. The van der Waals surface area contributed by atoms with Crippen LogP contribution in [0.5, 0.6) is 0 Å². The van der Waals surface area contributed by atoms with Gasteiger partial charge in [0.2, 0.25) is 0 Å². The highest BCUT2D eigenvalue weighted by Gasteiger charge is 2.11. The van der Waals surface area contributed by atoms with Gasteiger partial charge in [0, 0.05) is 6.04 Å². The standard InChI is InChI=1S/C15H35N3/c1-14(2)15(10-6-5-8-12-17)18-13-9-4-3-7-11-16/h14-15,18H,3-13,16-17H2,1-2H3. The molecule has 0 amide bonds. The van der Waals surface area contributed by atoms with Crippen molar-refractivity contribution < 1.29 is 0 Å². The monoisotopic (exact) mass is 257 g/mol. The van der Waals surface area contributed by atoms with Gasteiger partial charge >= 0.3 is 0 Å². The van der Waals surface area contributed by atoms with Crippen LogP contribution in [0.4, 0.5) is 0 Å². The lowest BCUT2D eigenvalue weighted by atomic mass is 9.97. The molecule has 0 aromatic carbocycles. The van der Waals surface area contributed by atoms with Gasteiger partial charge in [0.1, 0.15) is 0 Å². The van der Waals surface area contributed by atoms with Crippen LogP contribution in [0.1, 0.15) is 65.2 Å².